The normalized spacial score (nSPS) is 10.4. The molecule has 0 bridgehead atoms. The van der Waals surface area contributed by atoms with Crippen LogP contribution in [0.15, 0.2) is 53.3 Å². The van der Waals surface area contributed by atoms with E-state index in [4.69, 9.17) is 9.47 Å². The maximum absolute atomic E-state index is 12.9. The van der Waals surface area contributed by atoms with Crippen LogP contribution >= 0.6 is 0 Å². The van der Waals surface area contributed by atoms with Gasteiger partial charge in [0.25, 0.3) is 5.56 Å². The molecule has 0 saturated carbocycles. The number of ether oxygens (including phenoxy) is 2. The minimum Gasteiger partial charge on any atom is -0.497 e. The van der Waals surface area contributed by atoms with Gasteiger partial charge < -0.3 is 14.8 Å². The van der Waals surface area contributed by atoms with Gasteiger partial charge in [-0.3, -0.25) is 9.78 Å². The third-order valence-electron chi connectivity index (χ3n) is 3.77. The summed E-state index contributed by atoms with van der Waals surface area (Å²) in [5, 5.41) is 10.9. The van der Waals surface area contributed by atoms with Crippen molar-refractivity contribution >= 4 is 5.95 Å². The summed E-state index contributed by atoms with van der Waals surface area (Å²) in [6, 6.07) is 13.1. The molecule has 1 heterocycles. The molecule has 8 heteroatoms. The number of rotatable bonds is 8. The summed E-state index contributed by atoms with van der Waals surface area (Å²) in [5.41, 5.74) is 0.708. The molecule has 0 aliphatic carbocycles. The number of halogens is 1. The summed E-state index contributed by atoms with van der Waals surface area (Å²) in [5.74, 6) is 1.41. The summed E-state index contributed by atoms with van der Waals surface area (Å²) in [6.45, 7) is 0.821. The fraction of sp³-hybridized carbons (Fsp3) is 0.211. The first-order valence-electron chi connectivity index (χ1n) is 8.35. The van der Waals surface area contributed by atoms with Crippen LogP contribution in [-0.2, 0) is 6.42 Å². The lowest BCUT2D eigenvalue weighted by molar-refractivity contribution is 0.331. The second-order valence-electron chi connectivity index (χ2n) is 5.70. The van der Waals surface area contributed by atoms with Crippen LogP contribution in [0.3, 0.4) is 0 Å². The lowest BCUT2D eigenvalue weighted by atomic mass is 10.1. The van der Waals surface area contributed by atoms with Crippen LogP contribution in [0.25, 0.3) is 0 Å². The summed E-state index contributed by atoms with van der Waals surface area (Å²) < 4.78 is 23.6. The standard InChI is InChI=1S/C19H19FN4O3/c1-26-15-6-8-16(9-7-15)27-11-10-21-19-22-18(25)17(23-24-19)12-13-2-4-14(20)5-3-13/h2-9H,10-12H2,1H3,(H2,21,22,24,25). The van der Waals surface area contributed by atoms with Gasteiger partial charge >= 0.3 is 0 Å². The maximum atomic E-state index is 12.9. The van der Waals surface area contributed by atoms with E-state index in [1.807, 2.05) is 24.3 Å². The molecule has 0 saturated heterocycles. The molecule has 3 aromatic rings. The number of methoxy groups -OCH3 is 1. The topological polar surface area (TPSA) is 89.1 Å². The molecule has 0 unspecified atom stereocenters. The minimum atomic E-state index is -0.340. The van der Waals surface area contributed by atoms with Crippen LogP contribution < -0.4 is 20.3 Å². The summed E-state index contributed by atoms with van der Waals surface area (Å²) in [6.07, 6.45) is 0.281. The number of hydrogen-bond acceptors (Lipinski definition) is 6. The zero-order valence-corrected chi connectivity index (χ0v) is 14.7. The third-order valence-corrected chi connectivity index (χ3v) is 3.77. The number of aromatic nitrogens is 3. The molecule has 3 rings (SSSR count). The molecule has 0 aliphatic heterocycles. The predicted octanol–water partition coefficient (Wildman–Crippen LogP) is 2.39. The largest absolute Gasteiger partial charge is 0.497 e. The summed E-state index contributed by atoms with van der Waals surface area (Å²) >= 11 is 0. The number of nitrogens with one attached hydrogen (secondary N) is 2. The maximum Gasteiger partial charge on any atom is 0.274 e. The smallest absolute Gasteiger partial charge is 0.274 e. The highest BCUT2D eigenvalue weighted by molar-refractivity contribution is 5.31. The Morgan fingerprint density at radius 1 is 1.04 bits per heavy atom. The summed E-state index contributed by atoms with van der Waals surface area (Å²) in [4.78, 5) is 14.7. The van der Waals surface area contributed by atoms with Crippen molar-refractivity contribution in [2.45, 2.75) is 6.42 Å². The number of hydrogen-bond donors (Lipinski definition) is 2. The highest BCUT2D eigenvalue weighted by Gasteiger charge is 2.06. The third kappa shape index (κ3) is 5.27. The van der Waals surface area contributed by atoms with Gasteiger partial charge in [0, 0.05) is 6.42 Å². The van der Waals surface area contributed by atoms with Crippen molar-refractivity contribution in [2.24, 2.45) is 0 Å². The van der Waals surface area contributed by atoms with Gasteiger partial charge in [0.15, 0.2) is 0 Å². The number of aromatic amines is 1. The van der Waals surface area contributed by atoms with Gasteiger partial charge in [0.2, 0.25) is 5.95 Å². The molecule has 0 atom stereocenters. The van der Waals surface area contributed by atoms with Crippen LogP contribution in [0.4, 0.5) is 10.3 Å². The van der Waals surface area contributed by atoms with E-state index >= 15 is 0 Å². The first-order valence-corrected chi connectivity index (χ1v) is 8.35. The minimum absolute atomic E-state index is 0.265. The number of anilines is 1. The quantitative estimate of drug-likeness (QED) is 0.592. The predicted molar refractivity (Wildman–Crippen MR) is 98.8 cm³/mol. The van der Waals surface area contributed by atoms with Crippen LogP contribution in [0.5, 0.6) is 11.5 Å². The monoisotopic (exact) mass is 370 g/mol. The van der Waals surface area contributed by atoms with Gasteiger partial charge in [-0.1, -0.05) is 12.1 Å². The highest BCUT2D eigenvalue weighted by atomic mass is 19.1. The van der Waals surface area contributed by atoms with E-state index in [0.717, 1.165) is 11.3 Å². The lowest BCUT2D eigenvalue weighted by Gasteiger charge is -2.08. The number of nitrogens with zero attached hydrogens (tertiary/aromatic N) is 2. The van der Waals surface area contributed by atoms with E-state index in [-0.39, 0.29) is 29.4 Å². The zero-order chi connectivity index (χ0) is 19.1. The van der Waals surface area contributed by atoms with Crippen molar-refractivity contribution < 1.29 is 13.9 Å². The Labute approximate surface area is 155 Å². The fourth-order valence-electron chi connectivity index (χ4n) is 2.36. The SMILES string of the molecule is COc1ccc(OCCNc2nnc(Cc3ccc(F)cc3)c(=O)[nH]2)cc1. The molecule has 7 nitrogen and oxygen atoms in total. The van der Waals surface area contributed by atoms with E-state index < -0.39 is 0 Å². The van der Waals surface area contributed by atoms with Crippen LogP contribution in [0.2, 0.25) is 0 Å². The van der Waals surface area contributed by atoms with Gasteiger partial charge in [-0.15, -0.1) is 10.2 Å². The second-order valence-corrected chi connectivity index (χ2v) is 5.70. The molecule has 140 valence electrons. The summed E-state index contributed by atoms with van der Waals surface area (Å²) in [7, 11) is 1.60. The Morgan fingerprint density at radius 2 is 1.74 bits per heavy atom. The molecule has 1 aromatic heterocycles. The fourth-order valence-corrected chi connectivity index (χ4v) is 2.36. The van der Waals surface area contributed by atoms with Crippen LogP contribution in [0, 0.1) is 5.82 Å². The van der Waals surface area contributed by atoms with Gasteiger partial charge in [0.1, 0.15) is 29.6 Å². The van der Waals surface area contributed by atoms with E-state index in [1.54, 1.807) is 19.2 Å². The van der Waals surface area contributed by atoms with Crippen molar-refractivity contribution in [3.8, 4) is 11.5 Å². The van der Waals surface area contributed by atoms with Crippen molar-refractivity contribution in [2.75, 3.05) is 25.6 Å². The van der Waals surface area contributed by atoms with E-state index in [9.17, 15) is 9.18 Å². The lowest BCUT2D eigenvalue weighted by Crippen LogP contribution is -2.21. The van der Waals surface area contributed by atoms with E-state index in [1.165, 1.54) is 12.1 Å². The molecule has 2 aromatic carbocycles. The highest BCUT2D eigenvalue weighted by Crippen LogP contribution is 2.16. The molecule has 27 heavy (non-hydrogen) atoms. The Kier molecular flexibility index (Phi) is 5.98. The van der Waals surface area contributed by atoms with Gasteiger partial charge in [-0.25, -0.2) is 4.39 Å². The molecule has 0 fully saturated rings. The Bertz CT molecular complexity index is 927. The van der Waals surface area contributed by atoms with Gasteiger partial charge in [-0.2, -0.15) is 0 Å². The number of H-pyrrole nitrogens is 1. The molecule has 2 N–H and O–H groups in total. The van der Waals surface area contributed by atoms with Crippen molar-refractivity contribution in [3.05, 3.63) is 76.0 Å². The second kappa shape index (κ2) is 8.79. The number of benzene rings is 2. The first-order chi connectivity index (χ1) is 13.1. The Balaban J connectivity index is 1.49. The van der Waals surface area contributed by atoms with Crippen LogP contribution in [-0.4, -0.2) is 35.4 Å². The van der Waals surface area contributed by atoms with Gasteiger partial charge in [-0.05, 0) is 42.0 Å². The van der Waals surface area contributed by atoms with Crippen molar-refractivity contribution in [1.29, 1.82) is 0 Å². The zero-order valence-electron chi connectivity index (χ0n) is 14.7. The average Bonchev–Trinajstić information content (AvgIpc) is 2.69. The van der Waals surface area contributed by atoms with Crippen LogP contribution in [0.1, 0.15) is 11.3 Å². The molecule has 0 radical (unpaired) electrons. The Morgan fingerprint density at radius 3 is 2.41 bits per heavy atom. The van der Waals surface area contributed by atoms with Crippen molar-refractivity contribution in [1.82, 2.24) is 15.2 Å². The van der Waals surface area contributed by atoms with E-state index in [2.05, 4.69) is 20.5 Å². The van der Waals surface area contributed by atoms with E-state index in [0.29, 0.717) is 18.9 Å². The Hall–Kier alpha value is -3.42. The van der Waals surface area contributed by atoms with Crippen molar-refractivity contribution in [3.63, 3.8) is 0 Å². The van der Waals surface area contributed by atoms with Gasteiger partial charge in [0.05, 0.1) is 13.7 Å². The average molecular weight is 370 g/mol. The molecule has 0 aliphatic rings. The first kappa shape index (κ1) is 18.4. The molecule has 0 amide bonds. The molecular formula is C19H19FN4O3. The molecular weight excluding hydrogens is 351 g/mol. The molecule has 0 spiro atoms.